The number of nitrogens with zero attached hydrogens (tertiary/aromatic N) is 2. The molecule has 2 aromatic carbocycles. The Bertz CT molecular complexity index is 882. The van der Waals surface area contributed by atoms with Crippen molar-refractivity contribution in [2.45, 2.75) is 38.4 Å². The van der Waals surface area contributed by atoms with Gasteiger partial charge in [0.15, 0.2) is 0 Å². The van der Waals surface area contributed by atoms with E-state index in [9.17, 15) is 9.59 Å². The molecule has 0 aromatic heterocycles. The molecule has 1 saturated heterocycles. The summed E-state index contributed by atoms with van der Waals surface area (Å²) >= 11 is 0. The Morgan fingerprint density at radius 1 is 1.07 bits per heavy atom. The highest BCUT2D eigenvalue weighted by molar-refractivity contribution is 6.10. The first-order valence-electron chi connectivity index (χ1n) is 10.2. The van der Waals surface area contributed by atoms with Crippen LogP contribution in [0.1, 0.15) is 41.3 Å². The lowest BCUT2D eigenvalue weighted by molar-refractivity contribution is -0.125. The molecule has 150 valence electrons. The number of rotatable bonds is 5. The van der Waals surface area contributed by atoms with Gasteiger partial charge in [-0.25, -0.2) is 0 Å². The van der Waals surface area contributed by atoms with Gasteiger partial charge in [-0.1, -0.05) is 55.1 Å². The molecule has 0 aliphatic carbocycles. The fourth-order valence-electron chi connectivity index (χ4n) is 4.23. The van der Waals surface area contributed by atoms with Crippen LogP contribution >= 0.6 is 0 Å². The number of likely N-dealkylation sites (tertiary alicyclic amines) is 1. The zero-order chi connectivity index (χ0) is 20.4. The van der Waals surface area contributed by atoms with Crippen molar-refractivity contribution < 1.29 is 9.59 Å². The van der Waals surface area contributed by atoms with E-state index < -0.39 is 6.04 Å². The Balaban J connectivity index is 1.31. The average Bonchev–Trinajstić information content (AvgIpc) is 3.00. The fraction of sp³-hybridized carbons (Fsp3) is 0.333. The van der Waals surface area contributed by atoms with Crippen molar-refractivity contribution >= 4 is 17.5 Å². The summed E-state index contributed by atoms with van der Waals surface area (Å²) in [6, 6.07) is 17.4. The molecule has 0 saturated carbocycles. The average molecular weight is 389 g/mol. The fourth-order valence-corrected chi connectivity index (χ4v) is 4.23. The highest BCUT2D eigenvalue weighted by Crippen LogP contribution is 2.33. The van der Waals surface area contributed by atoms with Crippen molar-refractivity contribution in [1.29, 1.82) is 0 Å². The van der Waals surface area contributed by atoms with E-state index in [2.05, 4.69) is 41.1 Å². The zero-order valence-corrected chi connectivity index (χ0v) is 16.8. The third kappa shape index (κ3) is 3.96. The molecule has 0 radical (unpaired) electrons. The number of carbonyl (C=O) groups is 2. The molecule has 1 fully saturated rings. The van der Waals surface area contributed by atoms with Crippen LogP contribution in [0.5, 0.6) is 0 Å². The predicted molar refractivity (Wildman–Crippen MR) is 114 cm³/mol. The van der Waals surface area contributed by atoms with Crippen LogP contribution in [0.3, 0.4) is 0 Å². The summed E-state index contributed by atoms with van der Waals surface area (Å²) in [4.78, 5) is 29.5. The minimum atomic E-state index is -0.579. The van der Waals surface area contributed by atoms with Crippen molar-refractivity contribution in [3.05, 3.63) is 77.9 Å². The van der Waals surface area contributed by atoms with Crippen molar-refractivity contribution in [2.75, 3.05) is 13.1 Å². The number of amides is 2. The van der Waals surface area contributed by atoms with Gasteiger partial charge in [-0.3, -0.25) is 19.4 Å². The summed E-state index contributed by atoms with van der Waals surface area (Å²) in [5.74, 6) is -0.264. The van der Waals surface area contributed by atoms with Crippen molar-refractivity contribution in [3.8, 4) is 0 Å². The molecule has 2 aliphatic heterocycles. The highest BCUT2D eigenvalue weighted by atomic mass is 16.2. The van der Waals surface area contributed by atoms with Crippen molar-refractivity contribution in [1.82, 2.24) is 15.1 Å². The van der Waals surface area contributed by atoms with Crippen LogP contribution in [0.15, 0.2) is 61.2 Å². The van der Waals surface area contributed by atoms with E-state index in [4.69, 9.17) is 0 Å². The quantitative estimate of drug-likeness (QED) is 0.854. The first-order valence-corrected chi connectivity index (χ1v) is 10.2. The van der Waals surface area contributed by atoms with Crippen LogP contribution in [0.25, 0.3) is 5.70 Å². The molecule has 4 rings (SSSR count). The maximum absolute atomic E-state index is 12.9. The summed E-state index contributed by atoms with van der Waals surface area (Å²) in [5.41, 5.74) is 3.35. The molecule has 2 heterocycles. The van der Waals surface area contributed by atoms with Crippen LogP contribution in [-0.2, 0) is 11.3 Å². The molecule has 2 aromatic rings. The van der Waals surface area contributed by atoms with Gasteiger partial charge in [0.25, 0.3) is 5.91 Å². The van der Waals surface area contributed by atoms with E-state index in [1.54, 1.807) is 13.0 Å². The van der Waals surface area contributed by atoms with Crippen LogP contribution < -0.4 is 5.32 Å². The molecular weight excluding hydrogens is 362 g/mol. The summed E-state index contributed by atoms with van der Waals surface area (Å²) in [6.07, 6.45) is 1.83. The van der Waals surface area contributed by atoms with Gasteiger partial charge in [-0.2, -0.15) is 0 Å². The minimum absolute atomic E-state index is 0.117. The number of piperidine rings is 1. The Labute approximate surface area is 172 Å². The first-order chi connectivity index (χ1) is 14.0. The molecule has 2 amide bonds. The van der Waals surface area contributed by atoms with Gasteiger partial charge in [0.2, 0.25) is 5.91 Å². The van der Waals surface area contributed by atoms with E-state index in [0.717, 1.165) is 38.0 Å². The number of hydrogen-bond acceptors (Lipinski definition) is 3. The molecule has 0 spiro atoms. The Hall–Kier alpha value is -2.92. The summed E-state index contributed by atoms with van der Waals surface area (Å²) in [6.45, 7) is 8.67. The Morgan fingerprint density at radius 3 is 2.34 bits per heavy atom. The van der Waals surface area contributed by atoms with E-state index >= 15 is 0 Å². The molecule has 0 unspecified atom stereocenters. The van der Waals surface area contributed by atoms with Crippen molar-refractivity contribution in [2.24, 2.45) is 0 Å². The lowest BCUT2D eigenvalue weighted by Crippen LogP contribution is -2.50. The van der Waals surface area contributed by atoms with Crippen molar-refractivity contribution in [3.63, 3.8) is 0 Å². The molecule has 5 nitrogen and oxygen atoms in total. The molecule has 1 atom stereocenters. The maximum Gasteiger partial charge on any atom is 0.259 e. The summed E-state index contributed by atoms with van der Waals surface area (Å²) in [5, 5.41) is 3.15. The van der Waals surface area contributed by atoms with Crippen LogP contribution in [0, 0.1) is 0 Å². The molecule has 29 heavy (non-hydrogen) atoms. The van der Waals surface area contributed by atoms with E-state index in [1.165, 1.54) is 10.5 Å². The van der Waals surface area contributed by atoms with Gasteiger partial charge < -0.3 is 5.32 Å². The largest absolute Gasteiger partial charge is 0.351 e. The second kappa shape index (κ2) is 8.21. The molecule has 0 bridgehead atoms. The van der Waals surface area contributed by atoms with Gasteiger partial charge in [-0.15, -0.1) is 0 Å². The van der Waals surface area contributed by atoms with Crippen LogP contribution in [-0.4, -0.2) is 46.8 Å². The lowest BCUT2D eigenvalue weighted by Gasteiger charge is -2.33. The van der Waals surface area contributed by atoms with Crippen LogP contribution in [0.2, 0.25) is 0 Å². The molecule has 5 heteroatoms. The minimum Gasteiger partial charge on any atom is -0.351 e. The zero-order valence-electron chi connectivity index (χ0n) is 16.8. The maximum atomic E-state index is 12.9. The molecule has 1 N–H and O–H groups in total. The monoisotopic (exact) mass is 389 g/mol. The van der Waals surface area contributed by atoms with Gasteiger partial charge in [0, 0.05) is 42.5 Å². The normalized spacial score (nSPS) is 18.6. The highest BCUT2D eigenvalue weighted by Gasteiger charge is 2.37. The Morgan fingerprint density at radius 2 is 1.69 bits per heavy atom. The van der Waals surface area contributed by atoms with E-state index in [-0.39, 0.29) is 17.9 Å². The Kier molecular flexibility index (Phi) is 5.49. The third-order valence-electron chi connectivity index (χ3n) is 5.93. The second-order valence-electron chi connectivity index (χ2n) is 7.89. The first kappa shape index (κ1) is 19.4. The third-order valence-corrected chi connectivity index (χ3v) is 5.93. The number of benzene rings is 2. The predicted octanol–water partition coefficient (Wildman–Crippen LogP) is 3.28. The van der Waals surface area contributed by atoms with Gasteiger partial charge in [-0.05, 0) is 31.4 Å². The summed E-state index contributed by atoms with van der Waals surface area (Å²) < 4.78 is 0. The van der Waals surface area contributed by atoms with Gasteiger partial charge in [0.05, 0.1) is 0 Å². The topological polar surface area (TPSA) is 52.7 Å². The second-order valence-corrected chi connectivity index (χ2v) is 7.89. The van der Waals surface area contributed by atoms with E-state index in [1.807, 2.05) is 24.3 Å². The number of fused-ring (bicyclic) bond motifs is 1. The number of hydrogen-bond donors (Lipinski definition) is 1. The lowest BCUT2D eigenvalue weighted by atomic mass is 10.0. The van der Waals surface area contributed by atoms with Crippen LogP contribution in [0.4, 0.5) is 0 Å². The molecule has 2 aliphatic rings. The number of nitrogens with one attached hydrogen (secondary N) is 1. The molecular formula is C24H27N3O2. The smallest absolute Gasteiger partial charge is 0.259 e. The SMILES string of the molecule is C=C1c2ccccc2C(=O)N1[C@@H](C)C(=O)NC1CCN(Cc2ccccc2)CC1. The van der Waals surface area contributed by atoms with Gasteiger partial charge >= 0.3 is 0 Å². The van der Waals surface area contributed by atoms with Gasteiger partial charge in [0.1, 0.15) is 6.04 Å². The summed E-state index contributed by atoms with van der Waals surface area (Å²) in [7, 11) is 0. The van der Waals surface area contributed by atoms with E-state index in [0.29, 0.717) is 11.3 Å². The number of carbonyl (C=O) groups excluding carboxylic acids is 2. The standard InChI is InChI=1S/C24H27N3O2/c1-17-21-10-6-7-11-22(21)24(29)27(17)18(2)23(28)25-20-12-14-26(15-13-20)16-19-8-4-3-5-9-19/h3-11,18,20H,1,12-16H2,2H3,(H,25,28)/t18-/m0/s1.